The van der Waals surface area contributed by atoms with Crippen LogP contribution in [0.5, 0.6) is 0 Å². The zero-order valence-electron chi connectivity index (χ0n) is 4.81. The van der Waals surface area contributed by atoms with Crippen molar-refractivity contribution >= 4 is 6.09 Å². The molecule has 0 saturated carbocycles. The minimum atomic E-state index is -0.426. The normalized spacial score (nSPS) is 7.62. The van der Waals surface area contributed by atoms with E-state index < -0.39 is 6.09 Å². The Bertz CT molecular complexity index is 95.0. The Balaban J connectivity index is 0. The second-order valence-corrected chi connectivity index (χ2v) is 1.14. The summed E-state index contributed by atoms with van der Waals surface area (Å²) in [7, 11) is 1.51. The molecule has 1 N–H and O–H groups in total. The van der Waals surface area contributed by atoms with Crippen LogP contribution < -0.4 is 5.32 Å². The highest BCUT2D eigenvalue weighted by atomic mass is 16.5. The molecule has 0 saturated heterocycles. The maximum absolute atomic E-state index is 10.2. The lowest BCUT2D eigenvalue weighted by Crippen LogP contribution is -2.18. The molecular formula is C5H11NO2. The predicted octanol–water partition coefficient (Wildman–Crippen LogP) is 0.774. The van der Waals surface area contributed by atoms with Gasteiger partial charge in [-0.2, -0.15) is 0 Å². The number of hydrogen-bond donors (Lipinski definition) is 1. The van der Waals surface area contributed by atoms with Gasteiger partial charge in [-0.3, -0.25) is 0 Å². The first kappa shape index (κ1) is 7.01. The van der Waals surface area contributed by atoms with E-state index in [0.717, 1.165) is 0 Å². The fourth-order valence-corrected chi connectivity index (χ4v) is 0.207. The number of ether oxygens (including phenoxy) is 1. The van der Waals surface area contributed by atoms with Gasteiger partial charge in [0.1, 0.15) is 6.61 Å². The zero-order valence-corrected chi connectivity index (χ0v) is 4.81. The number of amides is 1. The zero-order chi connectivity index (χ0) is 6.41. The van der Waals surface area contributed by atoms with Crippen molar-refractivity contribution in [3.63, 3.8) is 0 Å². The van der Waals surface area contributed by atoms with Gasteiger partial charge in [0.05, 0.1) is 0 Å². The van der Waals surface area contributed by atoms with Crippen LogP contribution in [0.3, 0.4) is 0 Å². The van der Waals surface area contributed by atoms with Crippen LogP contribution in [-0.4, -0.2) is 19.7 Å². The van der Waals surface area contributed by atoms with Crippen LogP contribution in [0.4, 0.5) is 4.79 Å². The van der Waals surface area contributed by atoms with Gasteiger partial charge in [0.2, 0.25) is 0 Å². The quantitative estimate of drug-likeness (QED) is 0.542. The molecule has 0 aromatic carbocycles. The van der Waals surface area contributed by atoms with Crippen molar-refractivity contribution < 1.29 is 11.0 Å². The lowest BCUT2D eigenvalue weighted by molar-refractivity contribution is 0.161. The SMILES string of the molecule is C=CCOC(=O)NC.[HH]. The second kappa shape index (κ2) is 4.18. The summed E-state index contributed by atoms with van der Waals surface area (Å²) in [6.45, 7) is 3.63. The standard InChI is InChI=1S/C5H9NO2.H2/c1-3-4-8-5(7)6-2;/h3H,1,4H2,2H3,(H,6,7);1H. The van der Waals surface area contributed by atoms with Gasteiger partial charge in [0.15, 0.2) is 0 Å². The predicted molar refractivity (Wildman–Crippen MR) is 32.7 cm³/mol. The van der Waals surface area contributed by atoms with Gasteiger partial charge in [0, 0.05) is 8.47 Å². The number of hydrogen-bond acceptors (Lipinski definition) is 2. The molecule has 0 bridgehead atoms. The van der Waals surface area contributed by atoms with E-state index in [2.05, 4.69) is 16.6 Å². The van der Waals surface area contributed by atoms with E-state index in [1.165, 1.54) is 13.1 Å². The van der Waals surface area contributed by atoms with E-state index in [0.29, 0.717) is 0 Å². The molecule has 3 nitrogen and oxygen atoms in total. The number of nitrogens with one attached hydrogen (secondary N) is 1. The monoisotopic (exact) mass is 117 g/mol. The highest BCUT2D eigenvalue weighted by Gasteiger charge is 1.90. The molecule has 0 atom stereocenters. The molecule has 1 amide bonds. The topological polar surface area (TPSA) is 38.3 Å². The molecule has 3 heteroatoms. The average molecular weight is 117 g/mol. The van der Waals surface area contributed by atoms with Crippen LogP contribution in [0.15, 0.2) is 12.7 Å². The molecule has 0 rings (SSSR count). The molecule has 0 radical (unpaired) electrons. The minimum absolute atomic E-state index is 0. The van der Waals surface area contributed by atoms with Gasteiger partial charge in [-0.15, -0.1) is 0 Å². The molecule has 0 aliphatic heterocycles. The molecule has 0 aliphatic carbocycles. The van der Waals surface area contributed by atoms with Crippen LogP contribution in [0, 0.1) is 0 Å². The molecule has 0 unspecified atom stereocenters. The number of alkyl carbamates (subject to hydrolysis) is 1. The molecule has 0 heterocycles. The summed E-state index contributed by atoms with van der Waals surface area (Å²) in [4.78, 5) is 10.2. The maximum Gasteiger partial charge on any atom is 0.407 e. The lowest BCUT2D eigenvalue weighted by atomic mass is 10.7. The molecule has 48 valence electrons. The summed E-state index contributed by atoms with van der Waals surface area (Å²) >= 11 is 0. The number of carbonyl (C=O) groups excluding carboxylic acids is 1. The largest absolute Gasteiger partial charge is 0.445 e. The Kier molecular flexibility index (Phi) is 3.66. The van der Waals surface area contributed by atoms with Crippen molar-refractivity contribution in [1.29, 1.82) is 0 Å². The first-order valence-corrected chi connectivity index (χ1v) is 2.26. The Morgan fingerprint density at radius 1 is 2.12 bits per heavy atom. The van der Waals surface area contributed by atoms with Gasteiger partial charge in [-0.1, -0.05) is 12.7 Å². The van der Waals surface area contributed by atoms with Crippen LogP contribution in [0.25, 0.3) is 0 Å². The highest BCUT2D eigenvalue weighted by Crippen LogP contribution is 1.73. The van der Waals surface area contributed by atoms with Gasteiger partial charge in [-0.25, -0.2) is 4.79 Å². The lowest BCUT2D eigenvalue weighted by Gasteiger charge is -1.96. The molecular weight excluding hydrogens is 106 g/mol. The minimum Gasteiger partial charge on any atom is -0.445 e. The molecule has 0 aliphatic rings. The van der Waals surface area contributed by atoms with Gasteiger partial charge >= 0.3 is 6.09 Å². The summed E-state index contributed by atoms with van der Waals surface area (Å²) in [6, 6.07) is 0. The molecule has 0 spiro atoms. The van der Waals surface area contributed by atoms with Gasteiger partial charge < -0.3 is 10.1 Å². The third-order valence-electron chi connectivity index (χ3n) is 0.536. The van der Waals surface area contributed by atoms with Crippen molar-refractivity contribution in [3.8, 4) is 0 Å². The smallest absolute Gasteiger partial charge is 0.407 e. The van der Waals surface area contributed by atoms with E-state index >= 15 is 0 Å². The van der Waals surface area contributed by atoms with Crippen molar-refractivity contribution in [2.45, 2.75) is 0 Å². The second-order valence-electron chi connectivity index (χ2n) is 1.14. The van der Waals surface area contributed by atoms with E-state index in [4.69, 9.17) is 0 Å². The van der Waals surface area contributed by atoms with Gasteiger partial charge in [-0.05, 0) is 0 Å². The summed E-state index contributed by atoms with van der Waals surface area (Å²) in [5.41, 5.74) is 0. The van der Waals surface area contributed by atoms with E-state index in [1.54, 1.807) is 0 Å². The number of rotatable bonds is 2. The van der Waals surface area contributed by atoms with Crippen molar-refractivity contribution in [1.82, 2.24) is 5.32 Å². The summed E-state index contributed by atoms with van der Waals surface area (Å²) in [5, 5.41) is 2.29. The maximum atomic E-state index is 10.2. The van der Waals surface area contributed by atoms with Crippen LogP contribution in [0.1, 0.15) is 1.43 Å². The Hall–Kier alpha value is -0.990. The Labute approximate surface area is 49.8 Å². The fraction of sp³-hybridized carbons (Fsp3) is 0.400. The van der Waals surface area contributed by atoms with Crippen LogP contribution in [-0.2, 0) is 4.74 Å². The molecule has 8 heavy (non-hydrogen) atoms. The summed E-state index contributed by atoms with van der Waals surface area (Å²) < 4.78 is 4.47. The van der Waals surface area contributed by atoms with Gasteiger partial charge in [0.25, 0.3) is 0 Å². The molecule has 0 aromatic heterocycles. The Morgan fingerprint density at radius 3 is 3.12 bits per heavy atom. The third-order valence-corrected chi connectivity index (χ3v) is 0.536. The van der Waals surface area contributed by atoms with E-state index in [-0.39, 0.29) is 8.03 Å². The van der Waals surface area contributed by atoms with E-state index in [1.807, 2.05) is 0 Å². The van der Waals surface area contributed by atoms with Crippen molar-refractivity contribution in [2.24, 2.45) is 0 Å². The first-order valence-electron chi connectivity index (χ1n) is 2.26. The first-order chi connectivity index (χ1) is 3.81. The van der Waals surface area contributed by atoms with E-state index in [9.17, 15) is 4.79 Å². The molecule has 0 fully saturated rings. The highest BCUT2D eigenvalue weighted by molar-refractivity contribution is 5.66. The molecule has 0 aromatic rings. The number of carbonyl (C=O) groups is 1. The van der Waals surface area contributed by atoms with Crippen molar-refractivity contribution in [3.05, 3.63) is 12.7 Å². The van der Waals surface area contributed by atoms with Crippen molar-refractivity contribution in [2.75, 3.05) is 13.7 Å². The summed E-state index contributed by atoms with van der Waals surface area (Å²) in [6.07, 6.45) is 1.08. The van der Waals surface area contributed by atoms with Crippen LogP contribution in [0.2, 0.25) is 0 Å². The fourth-order valence-electron chi connectivity index (χ4n) is 0.207. The Morgan fingerprint density at radius 2 is 2.75 bits per heavy atom. The average Bonchev–Trinajstić information content (AvgIpc) is 1.83. The summed E-state index contributed by atoms with van der Waals surface area (Å²) in [5.74, 6) is 0. The third kappa shape index (κ3) is 3.21. The van der Waals surface area contributed by atoms with Crippen LogP contribution >= 0.6 is 0 Å².